The fourth-order valence-corrected chi connectivity index (χ4v) is 1.16. The van der Waals surface area contributed by atoms with Crippen LogP contribution in [0.2, 0.25) is 0 Å². The molecule has 92 valence electrons. The zero-order chi connectivity index (χ0) is 11.5. The van der Waals surface area contributed by atoms with Crippen molar-refractivity contribution in [1.29, 1.82) is 0 Å². The van der Waals surface area contributed by atoms with E-state index in [1.54, 1.807) is 7.11 Å². The van der Waals surface area contributed by atoms with Gasteiger partial charge in [0.2, 0.25) is 0 Å². The van der Waals surface area contributed by atoms with Crippen molar-refractivity contribution in [2.24, 2.45) is 0 Å². The molecule has 0 N–H and O–H groups in total. The monoisotopic (exact) mass is 218 g/mol. The van der Waals surface area contributed by atoms with Crippen LogP contribution in [0.25, 0.3) is 0 Å². The summed E-state index contributed by atoms with van der Waals surface area (Å²) in [6.45, 7) is 5.50. The molecule has 0 saturated carbocycles. The molecular formula is C11H26N2O2. The quantitative estimate of drug-likeness (QED) is 0.500. The second kappa shape index (κ2) is 10.4. The Labute approximate surface area is 94.1 Å². The van der Waals surface area contributed by atoms with Gasteiger partial charge in [-0.3, -0.25) is 0 Å². The second-order valence-electron chi connectivity index (χ2n) is 4.07. The fraction of sp³-hybridized carbons (Fsp3) is 1.00. The highest BCUT2D eigenvalue weighted by Gasteiger charge is 1.97. The largest absolute Gasteiger partial charge is 0.383 e. The standard InChI is InChI=1S/C11H26N2O2/c1-12(2)6-5-9-15-11-8-13(3)7-10-14-4/h5-11H2,1-4H3. The second-order valence-corrected chi connectivity index (χ2v) is 4.07. The highest BCUT2D eigenvalue weighted by molar-refractivity contribution is 4.49. The van der Waals surface area contributed by atoms with Crippen LogP contribution >= 0.6 is 0 Å². The number of rotatable bonds is 10. The molecule has 4 heteroatoms. The molecule has 0 atom stereocenters. The predicted octanol–water partition coefficient (Wildman–Crippen LogP) is 0.533. The summed E-state index contributed by atoms with van der Waals surface area (Å²) in [6.07, 6.45) is 1.11. The zero-order valence-corrected chi connectivity index (χ0v) is 10.7. The molecule has 0 aliphatic heterocycles. The van der Waals surface area contributed by atoms with Gasteiger partial charge in [0.05, 0.1) is 13.2 Å². The van der Waals surface area contributed by atoms with Gasteiger partial charge in [0.25, 0.3) is 0 Å². The molecule has 0 aromatic rings. The molecule has 0 unspecified atom stereocenters. The maximum atomic E-state index is 5.53. The molecule has 0 saturated heterocycles. The van der Waals surface area contributed by atoms with Crippen molar-refractivity contribution in [2.45, 2.75) is 6.42 Å². The number of hydrogen-bond acceptors (Lipinski definition) is 4. The number of nitrogens with zero attached hydrogens (tertiary/aromatic N) is 2. The Morgan fingerprint density at radius 2 is 1.53 bits per heavy atom. The van der Waals surface area contributed by atoms with Gasteiger partial charge in [-0.1, -0.05) is 0 Å². The van der Waals surface area contributed by atoms with Crippen LogP contribution in [0.5, 0.6) is 0 Å². The van der Waals surface area contributed by atoms with Crippen molar-refractivity contribution in [1.82, 2.24) is 9.80 Å². The van der Waals surface area contributed by atoms with Crippen LogP contribution in [0.15, 0.2) is 0 Å². The Kier molecular flexibility index (Phi) is 10.3. The van der Waals surface area contributed by atoms with Crippen LogP contribution in [-0.2, 0) is 9.47 Å². The zero-order valence-electron chi connectivity index (χ0n) is 10.7. The molecule has 0 aliphatic carbocycles. The van der Waals surface area contributed by atoms with E-state index in [1.807, 2.05) is 0 Å². The lowest BCUT2D eigenvalue weighted by Crippen LogP contribution is -2.27. The van der Waals surface area contributed by atoms with E-state index in [0.29, 0.717) is 0 Å². The average Bonchev–Trinajstić information content (AvgIpc) is 2.19. The van der Waals surface area contributed by atoms with Crippen molar-refractivity contribution < 1.29 is 9.47 Å². The summed E-state index contributed by atoms with van der Waals surface area (Å²) < 4.78 is 10.5. The lowest BCUT2D eigenvalue weighted by molar-refractivity contribution is 0.0939. The van der Waals surface area contributed by atoms with Crippen LogP contribution < -0.4 is 0 Å². The highest BCUT2D eigenvalue weighted by Crippen LogP contribution is 1.88. The number of methoxy groups -OCH3 is 1. The SMILES string of the molecule is COCCN(C)CCOCCCN(C)C. The first-order chi connectivity index (χ1) is 7.16. The Morgan fingerprint density at radius 1 is 0.867 bits per heavy atom. The van der Waals surface area contributed by atoms with E-state index in [9.17, 15) is 0 Å². The number of hydrogen-bond donors (Lipinski definition) is 0. The molecule has 0 aromatic carbocycles. The summed E-state index contributed by atoms with van der Waals surface area (Å²) in [6, 6.07) is 0. The lowest BCUT2D eigenvalue weighted by Gasteiger charge is -2.16. The minimum atomic E-state index is 0.789. The third-order valence-corrected chi connectivity index (χ3v) is 2.19. The predicted molar refractivity (Wildman–Crippen MR) is 63.4 cm³/mol. The van der Waals surface area contributed by atoms with Crippen molar-refractivity contribution in [3.63, 3.8) is 0 Å². The molecule has 0 heterocycles. The van der Waals surface area contributed by atoms with Gasteiger partial charge in [-0.05, 0) is 34.1 Å². The summed E-state index contributed by atoms with van der Waals surface area (Å²) in [5.74, 6) is 0. The first kappa shape index (κ1) is 14.8. The van der Waals surface area contributed by atoms with Gasteiger partial charge in [0.1, 0.15) is 0 Å². The van der Waals surface area contributed by atoms with Gasteiger partial charge in [-0.2, -0.15) is 0 Å². The molecule has 0 aliphatic rings. The van der Waals surface area contributed by atoms with E-state index in [2.05, 4.69) is 30.9 Å². The van der Waals surface area contributed by atoms with Gasteiger partial charge in [-0.25, -0.2) is 0 Å². The molecule has 0 amide bonds. The molecule has 15 heavy (non-hydrogen) atoms. The first-order valence-corrected chi connectivity index (χ1v) is 5.56. The van der Waals surface area contributed by atoms with Crippen LogP contribution in [-0.4, -0.2) is 77.5 Å². The smallest absolute Gasteiger partial charge is 0.0593 e. The normalized spacial score (nSPS) is 11.6. The maximum Gasteiger partial charge on any atom is 0.0593 e. The maximum absolute atomic E-state index is 5.53. The summed E-state index contributed by atoms with van der Waals surface area (Å²) in [5.41, 5.74) is 0. The molecule has 4 nitrogen and oxygen atoms in total. The molecule has 0 radical (unpaired) electrons. The lowest BCUT2D eigenvalue weighted by atomic mass is 10.4. The van der Waals surface area contributed by atoms with Gasteiger partial charge in [0.15, 0.2) is 0 Å². The minimum Gasteiger partial charge on any atom is -0.383 e. The average molecular weight is 218 g/mol. The highest BCUT2D eigenvalue weighted by atomic mass is 16.5. The summed E-state index contributed by atoms with van der Waals surface area (Å²) in [7, 11) is 7.98. The topological polar surface area (TPSA) is 24.9 Å². The first-order valence-electron chi connectivity index (χ1n) is 5.56. The minimum absolute atomic E-state index is 0.789. The third kappa shape index (κ3) is 11.8. The number of likely N-dealkylation sites (N-methyl/N-ethyl adjacent to an activating group) is 1. The van der Waals surface area contributed by atoms with Gasteiger partial charge in [0, 0.05) is 26.8 Å². The van der Waals surface area contributed by atoms with E-state index >= 15 is 0 Å². The van der Waals surface area contributed by atoms with Crippen molar-refractivity contribution >= 4 is 0 Å². The Bertz CT molecular complexity index is 132. The van der Waals surface area contributed by atoms with Crippen LogP contribution in [0, 0.1) is 0 Å². The third-order valence-electron chi connectivity index (χ3n) is 2.19. The van der Waals surface area contributed by atoms with E-state index < -0.39 is 0 Å². The summed E-state index contributed by atoms with van der Waals surface area (Å²) in [5, 5.41) is 0. The van der Waals surface area contributed by atoms with Crippen molar-refractivity contribution in [2.75, 3.05) is 67.7 Å². The van der Waals surface area contributed by atoms with Crippen molar-refractivity contribution in [3.8, 4) is 0 Å². The number of ether oxygens (including phenoxy) is 2. The van der Waals surface area contributed by atoms with E-state index in [4.69, 9.17) is 9.47 Å². The van der Waals surface area contributed by atoms with Crippen LogP contribution in [0.1, 0.15) is 6.42 Å². The molecule has 0 aromatic heterocycles. The molecule has 0 bridgehead atoms. The van der Waals surface area contributed by atoms with E-state index in [-0.39, 0.29) is 0 Å². The fourth-order valence-electron chi connectivity index (χ4n) is 1.16. The van der Waals surface area contributed by atoms with Gasteiger partial charge in [-0.15, -0.1) is 0 Å². The van der Waals surface area contributed by atoms with Gasteiger partial charge < -0.3 is 19.3 Å². The van der Waals surface area contributed by atoms with E-state index in [1.165, 1.54) is 0 Å². The van der Waals surface area contributed by atoms with Crippen molar-refractivity contribution in [3.05, 3.63) is 0 Å². The molecule has 0 rings (SSSR count). The van der Waals surface area contributed by atoms with Crippen LogP contribution in [0.4, 0.5) is 0 Å². The Balaban J connectivity index is 3.09. The Hall–Kier alpha value is -0.160. The molecule has 0 fully saturated rings. The summed E-state index contributed by atoms with van der Waals surface area (Å²) in [4.78, 5) is 4.39. The summed E-state index contributed by atoms with van der Waals surface area (Å²) >= 11 is 0. The van der Waals surface area contributed by atoms with Gasteiger partial charge >= 0.3 is 0 Å². The van der Waals surface area contributed by atoms with E-state index in [0.717, 1.165) is 45.9 Å². The van der Waals surface area contributed by atoms with Crippen LogP contribution in [0.3, 0.4) is 0 Å². The Morgan fingerprint density at radius 3 is 2.13 bits per heavy atom. The molecular weight excluding hydrogens is 192 g/mol. The molecule has 0 spiro atoms.